The molecule has 3 rings (SSSR count). The fourth-order valence-corrected chi connectivity index (χ4v) is 3.10. The number of halogens is 1. The van der Waals surface area contributed by atoms with Crippen LogP contribution in [0.4, 0.5) is 0 Å². The van der Waals surface area contributed by atoms with Gasteiger partial charge in [-0.25, -0.2) is 0 Å². The number of aryl methyl sites for hydroxylation is 1. The largest absolute Gasteiger partial charge is 0.497 e. The predicted molar refractivity (Wildman–Crippen MR) is 105 cm³/mol. The molecule has 1 heterocycles. The molecule has 0 aliphatic carbocycles. The zero-order valence-electron chi connectivity index (χ0n) is 14.7. The molecule has 0 fully saturated rings. The highest BCUT2D eigenvalue weighted by Crippen LogP contribution is 2.22. The number of hydrogen-bond acceptors (Lipinski definition) is 2. The van der Waals surface area contributed by atoms with E-state index in [4.69, 9.17) is 16.3 Å². The summed E-state index contributed by atoms with van der Waals surface area (Å²) < 4.78 is 7.37. The Labute approximate surface area is 153 Å². The Kier molecular flexibility index (Phi) is 5.25. The maximum atomic E-state index is 6.13. The van der Waals surface area contributed by atoms with Gasteiger partial charge in [0.1, 0.15) is 5.75 Å². The fraction of sp³-hybridized carbons (Fsp3) is 0.190. The molecule has 1 aromatic heterocycles. The summed E-state index contributed by atoms with van der Waals surface area (Å²) in [5, 5.41) is 0.736. The molecular weight excluding hydrogens is 332 g/mol. The average molecular weight is 353 g/mol. The molecule has 0 N–H and O–H groups in total. The number of ether oxygens (including phenoxy) is 1. The van der Waals surface area contributed by atoms with Gasteiger partial charge in [-0.1, -0.05) is 29.8 Å². The summed E-state index contributed by atoms with van der Waals surface area (Å²) in [7, 11) is 1.67. The molecule has 3 nitrogen and oxygen atoms in total. The Hall–Kier alpha value is -2.52. The van der Waals surface area contributed by atoms with E-state index in [0.717, 1.165) is 39.0 Å². The van der Waals surface area contributed by atoms with Crippen molar-refractivity contribution >= 4 is 17.8 Å². The first-order chi connectivity index (χ1) is 12.1. The van der Waals surface area contributed by atoms with Gasteiger partial charge in [-0.05, 0) is 55.8 Å². The van der Waals surface area contributed by atoms with Gasteiger partial charge in [0, 0.05) is 33.9 Å². The number of aromatic nitrogens is 1. The molecule has 0 saturated carbocycles. The summed E-state index contributed by atoms with van der Waals surface area (Å²) in [4.78, 5) is 4.59. The van der Waals surface area contributed by atoms with Gasteiger partial charge >= 0.3 is 0 Å². The summed E-state index contributed by atoms with van der Waals surface area (Å²) in [6, 6.07) is 18.0. The van der Waals surface area contributed by atoms with Crippen molar-refractivity contribution in [2.24, 2.45) is 4.99 Å². The van der Waals surface area contributed by atoms with Gasteiger partial charge in [-0.15, -0.1) is 0 Å². The van der Waals surface area contributed by atoms with Crippen LogP contribution in [0.2, 0.25) is 5.02 Å². The van der Waals surface area contributed by atoms with Gasteiger partial charge in [-0.2, -0.15) is 0 Å². The maximum Gasteiger partial charge on any atom is 0.118 e. The maximum absolute atomic E-state index is 6.13. The van der Waals surface area contributed by atoms with Crippen LogP contribution in [0.5, 0.6) is 5.75 Å². The summed E-state index contributed by atoms with van der Waals surface area (Å²) in [6.07, 6.45) is 1.94. The molecule has 25 heavy (non-hydrogen) atoms. The second-order valence-corrected chi connectivity index (χ2v) is 6.40. The van der Waals surface area contributed by atoms with E-state index in [1.807, 2.05) is 48.7 Å². The molecule has 128 valence electrons. The quantitative estimate of drug-likeness (QED) is 0.566. The van der Waals surface area contributed by atoms with E-state index in [1.165, 1.54) is 0 Å². The van der Waals surface area contributed by atoms with Gasteiger partial charge < -0.3 is 9.30 Å². The van der Waals surface area contributed by atoms with Gasteiger partial charge in [0.15, 0.2) is 0 Å². The SMILES string of the molecule is COc1ccc(CN=Cc2cc(C)n(-c3cccc(Cl)c3)c2C)cc1. The normalized spacial score (nSPS) is 11.2. The standard InChI is InChI=1S/C21H21ClN2O/c1-15-11-18(14-23-13-17-7-9-21(25-3)10-8-17)16(2)24(15)20-6-4-5-19(22)12-20/h4-12,14H,13H2,1-3H3. The summed E-state index contributed by atoms with van der Waals surface area (Å²) in [5.41, 5.74) is 5.65. The van der Waals surface area contributed by atoms with Crippen molar-refractivity contribution in [2.45, 2.75) is 20.4 Å². The minimum absolute atomic E-state index is 0.644. The Balaban J connectivity index is 1.80. The molecule has 3 aromatic rings. The number of nitrogens with zero attached hydrogens (tertiary/aromatic N) is 2. The fourth-order valence-electron chi connectivity index (χ4n) is 2.91. The Bertz CT molecular complexity index is 895. The van der Waals surface area contributed by atoms with Crippen LogP contribution in [0.15, 0.2) is 59.6 Å². The lowest BCUT2D eigenvalue weighted by Gasteiger charge is -2.09. The molecular formula is C21H21ClN2O. The molecule has 0 saturated heterocycles. The molecule has 4 heteroatoms. The lowest BCUT2D eigenvalue weighted by atomic mass is 10.2. The van der Waals surface area contributed by atoms with Crippen LogP contribution < -0.4 is 4.74 Å². The second-order valence-electron chi connectivity index (χ2n) is 5.96. The molecule has 2 aromatic carbocycles. The van der Waals surface area contributed by atoms with Gasteiger partial charge in [0.05, 0.1) is 13.7 Å². The first kappa shape index (κ1) is 17.3. The van der Waals surface area contributed by atoms with E-state index in [9.17, 15) is 0 Å². The number of methoxy groups -OCH3 is 1. The third kappa shape index (κ3) is 3.94. The second kappa shape index (κ2) is 7.58. The minimum atomic E-state index is 0.644. The number of aliphatic imine (C=N–C) groups is 1. The zero-order chi connectivity index (χ0) is 17.8. The predicted octanol–water partition coefficient (Wildman–Crippen LogP) is 5.38. The van der Waals surface area contributed by atoms with Crippen LogP contribution in [-0.2, 0) is 6.54 Å². The van der Waals surface area contributed by atoms with E-state index in [2.05, 4.69) is 35.5 Å². The minimum Gasteiger partial charge on any atom is -0.497 e. The third-order valence-electron chi connectivity index (χ3n) is 4.20. The molecule has 0 aliphatic heterocycles. The number of rotatable bonds is 5. The lowest BCUT2D eigenvalue weighted by molar-refractivity contribution is 0.414. The molecule has 0 bridgehead atoms. The lowest BCUT2D eigenvalue weighted by Crippen LogP contribution is -1.99. The first-order valence-electron chi connectivity index (χ1n) is 8.16. The van der Waals surface area contributed by atoms with Crippen LogP contribution in [0.25, 0.3) is 5.69 Å². The van der Waals surface area contributed by atoms with Crippen molar-refractivity contribution in [3.63, 3.8) is 0 Å². The molecule has 0 spiro atoms. The van der Waals surface area contributed by atoms with Crippen molar-refractivity contribution in [1.29, 1.82) is 0 Å². The van der Waals surface area contributed by atoms with Crippen LogP contribution in [0, 0.1) is 13.8 Å². The monoisotopic (exact) mass is 352 g/mol. The summed E-state index contributed by atoms with van der Waals surface area (Å²) in [6.45, 7) is 4.84. The van der Waals surface area contributed by atoms with E-state index in [1.54, 1.807) is 7.11 Å². The van der Waals surface area contributed by atoms with E-state index in [-0.39, 0.29) is 0 Å². The average Bonchev–Trinajstić information content (AvgIpc) is 2.89. The number of hydrogen-bond donors (Lipinski definition) is 0. The van der Waals surface area contributed by atoms with E-state index >= 15 is 0 Å². The van der Waals surface area contributed by atoms with Gasteiger partial charge in [0.2, 0.25) is 0 Å². The van der Waals surface area contributed by atoms with Gasteiger partial charge in [0.25, 0.3) is 0 Å². The van der Waals surface area contributed by atoms with Crippen LogP contribution in [-0.4, -0.2) is 17.9 Å². The summed E-state index contributed by atoms with van der Waals surface area (Å²) in [5.74, 6) is 0.859. The van der Waals surface area contributed by atoms with Crippen LogP contribution in [0.1, 0.15) is 22.5 Å². The van der Waals surface area contributed by atoms with Crippen molar-refractivity contribution in [3.05, 3.63) is 82.1 Å². The first-order valence-corrected chi connectivity index (χ1v) is 8.54. The highest BCUT2D eigenvalue weighted by Gasteiger charge is 2.09. The smallest absolute Gasteiger partial charge is 0.118 e. The van der Waals surface area contributed by atoms with Crippen molar-refractivity contribution in [2.75, 3.05) is 7.11 Å². The number of benzene rings is 2. The van der Waals surface area contributed by atoms with Crippen molar-refractivity contribution in [3.8, 4) is 11.4 Å². The Morgan fingerprint density at radius 2 is 1.84 bits per heavy atom. The Morgan fingerprint density at radius 3 is 2.52 bits per heavy atom. The van der Waals surface area contributed by atoms with E-state index in [0.29, 0.717) is 6.54 Å². The molecule has 0 atom stereocenters. The van der Waals surface area contributed by atoms with E-state index < -0.39 is 0 Å². The molecule has 0 unspecified atom stereocenters. The van der Waals surface area contributed by atoms with Gasteiger partial charge in [-0.3, -0.25) is 4.99 Å². The van der Waals surface area contributed by atoms with Crippen LogP contribution >= 0.6 is 11.6 Å². The van der Waals surface area contributed by atoms with Crippen LogP contribution in [0.3, 0.4) is 0 Å². The summed E-state index contributed by atoms with van der Waals surface area (Å²) >= 11 is 6.13. The molecule has 0 amide bonds. The zero-order valence-corrected chi connectivity index (χ0v) is 15.4. The van der Waals surface area contributed by atoms with Crippen molar-refractivity contribution < 1.29 is 4.74 Å². The highest BCUT2D eigenvalue weighted by atomic mass is 35.5. The Morgan fingerprint density at radius 1 is 1.08 bits per heavy atom. The highest BCUT2D eigenvalue weighted by molar-refractivity contribution is 6.30. The molecule has 0 radical (unpaired) electrons. The topological polar surface area (TPSA) is 26.5 Å². The van der Waals surface area contributed by atoms with Crippen molar-refractivity contribution in [1.82, 2.24) is 4.57 Å². The third-order valence-corrected chi connectivity index (χ3v) is 4.44. The molecule has 0 aliphatic rings.